The minimum absolute atomic E-state index is 0.289. The van der Waals surface area contributed by atoms with E-state index < -0.39 is 5.54 Å². The molecule has 2 nitrogen and oxygen atoms in total. The molecule has 0 radical (unpaired) electrons. The molecule has 0 atom stereocenters. The van der Waals surface area contributed by atoms with Crippen molar-refractivity contribution in [1.29, 1.82) is 0 Å². The van der Waals surface area contributed by atoms with Gasteiger partial charge in [-0.25, -0.2) is 9.18 Å². The number of benzene rings is 1. The van der Waals surface area contributed by atoms with Crippen LogP contribution in [0.25, 0.3) is 0 Å². The summed E-state index contributed by atoms with van der Waals surface area (Å²) in [5.74, 6) is 0.199. The molecular formula is C12H12FNO. The van der Waals surface area contributed by atoms with Gasteiger partial charge in [-0.3, -0.25) is 0 Å². The zero-order valence-corrected chi connectivity index (χ0v) is 8.53. The molecule has 3 heteroatoms. The first-order valence-corrected chi connectivity index (χ1v) is 5.02. The average molecular weight is 205 g/mol. The van der Waals surface area contributed by atoms with Crippen molar-refractivity contribution in [2.24, 2.45) is 10.9 Å². The van der Waals surface area contributed by atoms with E-state index in [1.807, 2.05) is 0 Å². The summed E-state index contributed by atoms with van der Waals surface area (Å²) in [6, 6.07) is 6.51. The molecule has 1 aliphatic carbocycles. The van der Waals surface area contributed by atoms with E-state index in [9.17, 15) is 9.18 Å². The van der Waals surface area contributed by atoms with Crippen molar-refractivity contribution in [3.05, 3.63) is 35.6 Å². The van der Waals surface area contributed by atoms with Crippen molar-refractivity contribution < 1.29 is 9.18 Å². The number of nitrogens with zero attached hydrogens (tertiary/aromatic N) is 1. The molecule has 0 amide bonds. The minimum Gasteiger partial charge on any atom is -0.211 e. The third-order valence-corrected chi connectivity index (χ3v) is 3.01. The largest absolute Gasteiger partial charge is 0.235 e. The zero-order valence-electron chi connectivity index (χ0n) is 8.53. The quantitative estimate of drug-likeness (QED) is 0.539. The van der Waals surface area contributed by atoms with Crippen LogP contribution in [0.1, 0.15) is 25.3 Å². The highest BCUT2D eigenvalue weighted by molar-refractivity contribution is 5.40. The first-order valence-electron chi connectivity index (χ1n) is 5.02. The zero-order chi connectivity index (χ0) is 10.9. The molecule has 0 N–H and O–H groups in total. The lowest BCUT2D eigenvalue weighted by molar-refractivity contribution is 0.161. The van der Waals surface area contributed by atoms with Crippen LogP contribution in [0.15, 0.2) is 29.3 Å². The van der Waals surface area contributed by atoms with Gasteiger partial charge in [0.1, 0.15) is 11.4 Å². The van der Waals surface area contributed by atoms with Crippen LogP contribution in [-0.4, -0.2) is 6.08 Å². The number of hydrogen-bond acceptors (Lipinski definition) is 2. The SMILES string of the molecule is CC1CC(N=C=O)(c2ccccc2F)C1. The monoisotopic (exact) mass is 205 g/mol. The minimum atomic E-state index is -0.646. The van der Waals surface area contributed by atoms with E-state index in [2.05, 4.69) is 11.9 Å². The molecule has 0 bridgehead atoms. The van der Waals surface area contributed by atoms with E-state index in [0.717, 1.165) is 12.8 Å². The topological polar surface area (TPSA) is 29.4 Å². The van der Waals surface area contributed by atoms with Crippen molar-refractivity contribution in [3.63, 3.8) is 0 Å². The molecule has 0 unspecified atom stereocenters. The highest BCUT2D eigenvalue weighted by Gasteiger charge is 2.45. The van der Waals surface area contributed by atoms with Crippen LogP contribution in [0.4, 0.5) is 4.39 Å². The molecular weight excluding hydrogens is 193 g/mol. The summed E-state index contributed by atoms with van der Waals surface area (Å²) in [5.41, 5.74) is -0.126. The molecule has 2 rings (SSSR count). The number of isocyanates is 1. The second kappa shape index (κ2) is 3.59. The summed E-state index contributed by atoms with van der Waals surface area (Å²) in [6.07, 6.45) is 3.02. The Bertz CT molecular complexity index is 417. The van der Waals surface area contributed by atoms with E-state index in [0.29, 0.717) is 11.5 Å². The van der Waals surface area contributed by atoms with E-state index in [1.54, 1.807) is 24.3 Å². The summed E-state index contributed by atoms with van der Waals surface area (Å²) in [7, 11) is 0. The van der Waals surface area contributed by atoms with Crippen LogP contribution in [0.2, 0.25) is 0 Å². The maximum absolute atomic E-state index is 13.6. The molecule has 1 aromatic carbocycles. The molecule has 0 aliphatic heterocycles. The summed E-state index contributed by atoms with van der Waals surface area (Å²) in [6.45, 7) is 2.07. The lowest BCUT2D eigenvalue weighted by Crippen LogP contribution is -2.39. The van der Waals surface area contributed by atoms with Crippen molar-refractivity contribution >= 4 is 6.08 Å². The molecule has 1 aromatic rings. The fourth-order valence-electron chi connectivity index (χ4n) is 2.39. The summed E-state index contributed by atoms with van der Waals surface area (Å²) in [4.78, 5) is 14.2. The average Bonchev–Trinajstić information content (AvgIpc) is 2.16. The van der Waals surface area contributed by atoms with Crippen molar-refractivity contribution in [2.45, 2.75) is 25.3 Å². The van der Waals surface area contributed by atoms with Gasteiger partial charge in [-0.1, -0.05) is 25.1 Å². The fraction of sp³-hybridized carbons (Fsp3) is 0.417. The number of carbonyl (C=O) groups excluding carboxylic acids is 1. The predicted molar refractivity (Wildman–Crippen MR) is 54.6 cm³/mol. The van der Waals surface area contributed by atoms with E-state index in [1.165, 1.54) is 6.07 Å². The summed E-state index contributed by atoms with van der Waals surface area (Å²) < 4.78 is 13.6. The number of aliphatic imine (C=N–C) groups is 1. The molecule has 0 aromatic heterocycles. The van der Waals surface area contributed by atoms with Gasteiger partial charge in [-0.2, -0.15) is 4.99 Å². The van der Waals surface area contributed by atoms with Gasteiger partial charge in [0.15, 0.2) is 0 Å². The van der Waals surface area contributed by atoms with Crippen molar-refractivity contribution in [2.75, 3.05) is 0 Å². The fourth-order valence-corrected chi connectivity index (χ4v) is 2.39. The second-order valence-electron chi connectivity index (χ2n) is 4.23. The highest BCUT2D eigenvalue weighted by Crippen LogP contribution is 2.49. The molecule has 1 saturated carbocycles. The Kier molecular flexibility index (Phi) is 2.41. The van der Waals surface area contributed by atoms with Gasteiger partial charge in [0.25, 0.3) is 0 Å². The number of rotatable bonds is 2. The van der Waals surface area contributed by atoms with Gasteiger partial charge in [-0.05, 0) is 24.8 Å². The molecule has 0 saturated heterocycles. The number of hydrogen-bond donors (Lipinski definition) is 0. The van der Waals surface area contributed by atoms with E-state index in [4.69, 9.17) is 0 Å². The standard InChI is InChI=1S/C12H12FNO/c1-9-6-12(7-9,14-8-15)10-4-2-3-5-11(10)13/h2-5,9H,6-7H2,1H3. The molecule has 1 fully saturated rings. The Morgan fingerprint density at radius 3 is 2.67 bits per heavy atom. The van der Waals surface area contributed by atoms with Crippen molar-refractivity contribution in [3.8, 4) is 0 Å². The number of halogens is 1. The first-order chi connectivity index (χ1) is 7.18. The Labute approximate surface area is 87.8 Å². The van der Waals surface area contributed by atoms with Gasteiger partial charge in [0.2, 0.25) is 6.08 Å². The van der Waals surface area contributed by atoms with Gasteiger partial charge >= 0.3 is 0 Å². The molecule has 0 spiro atoms. The maximum Gasteiger partial charge on any atom is 0.235 e. The normalized spacial score (nSPS) is 29.1. The Hall–Kier alpha value is -1.47. The van der Waals surface area contributed by atoms with Gasteiger partial charge in [0, 0.05) is 5.56 Å². The first kappa shape index (κ1) is 10.1. The second-order valence-corrected chi connectivity index (χ2v) is 4.23. The van der Waals surface area contributed by atoms with Crippen LogP contribution in [0.5, 0.6) is 0 Å². The summed E-state index contributed by atoms with van der Waals surface area (Å²) >= 11 is 0. The molecule has 1 aliphatic rings. The van der Waals surface area contributed by atoms with E-state index in [-0.39, 0.29) is 5.82 Å². The Morgan fingerprint density at radius 1 is 1.47 bits per heavy atom. The Morgan fingerprint density at radius 2 is 2.13 bits per heavy atom. The van der Waals surface area contributed by atoms with E-state index >= 15 is 0 Å². The Balaban J connectivity index is 2.43. The van der Waals surface area contributed by atoms with Crippen LogP contribution >= 0.6 is 0 Å². The third kappa shape index (κ3) is 1.59. The molecule has 15 heavy (non-hydrogen) atoms. The lowest BCUT2D eigenvalue weighted by Gasteiger charge is -2.42. The van der Waals surface area contributed by atoms with Gasteiger partial charge in [0.05, 0.1) is 0 Å². The predicted octanol–water partition coefficient (Wildman–Crippen LogP) is 2.79. The van der Waals surface area contributed by atoms with Crippen LogP contribution in [0, 0.1) is 11.7 Å². The lowest BCUT2D eigenvalue weighted by atomic mass is 9.66. The maximum atomic E-state index is 13.6. The van der Waals surface area contributed by atoms with Gasteiger partial charge < -0.3 is 0 Å². The molecule has 0 heterocycles. The smallest absolute Gasteiger partial charge is 0.211 e. The van der Waals surface area contributed by atoms with Crippen LogP contribution in [-0.2, 0) is 10.3 Å². The van der Waals surface area contributed by atoms with Crippen molar-refractivity contribution in [1.82, 2.24) is 0 Å². The summed E-state index contributed by atoms with van der Waals surface area (Å²) in [5, 5.41) is 0. The van der Waals surface area contributed by atoms with Crippen LogP contribution in [0.3, 0.4) is 0 Å². The molecule has 78 valence electrons. The van der Waals surface area contributed by atoms with Crippen LogP contribution < -0.4 is 0 Å². The van der Waals surface area contributed by atoms with Gasteiger partial charge in [-0.15, -0.1) is 0 Å². The highest BCUT2D eigenvalue weighted by atomic mass is 19.1. The third-order valence-electron chi connectivity index (χ3n) is 3.01.